The van der Waals surface area contributed by atoms with Crippen molar-refractivity contribution in [2.75, 3.05) is 33.7 Å². The van der Waals surface area contributed by atoms with Crippen LogP contribution in [0.15, 0.2) is 30.3 Å². The number of rotatable bonds is 6. The van der Waals surface area contributed by atoms with E-state index in [0.29, 0.717) is 6.54 Å². The predicted molar refractivity (Wildman–Crippen MR) is 100 cm³/mol. The summed E-state index contributed by atoms with van der Waals surface area (Å²) in [5.41, 5.74) is 1.11. The van der Waals surface area contributed by atoms with Crippen LogP contribution in [-0.2, 0) is 9.59 Å². The number of carbonyl (C=O) groups excluding carboxylic acids is 2. The molecule has 25 heavy (non-hydrogen) atoms. The quantitative estimate of drug-likeness (QED) is 0.861. The molecule has 2 atom stereocenters. The summed E-state index contributed by atoms with van der Waals surface area (Å²) in [6, 6.07) is 10.0. The topological polar surface area (TPSA) is 52.7 Å². The van der Waals surface area contributed by atoms with Gasteiger partial charge in [-0.05, 0) is 32.5 Å². The van der Waals surface area contributed by atoms with E-state index < -0.39 is 0 Å². The number of nitrogens with one attached hydrogen (secondary N) is 1. The smallest absolute Gasteiger partial charge is 0.225 e. The fourth-order valence-corrected chi connectivity index (χ4v) is 3.33. The van der Waals surface area contributed by atoms with Crippen LogP contribution < -0.4 is 5.32 Å². The number of piperidine rings is 1. The van der Waals surface area contributed by atoms with Gasteiger partial charge >= 0.3 is 0 Å². The molecule has 5 nitrogen and oxygen atoms in total. The average molecular weight is 345 g/mol. The van der Waals surface area contributed by atoms with Crippen molar-refractivity contribution in [1.29, 1.82) is 0 Å². The van der Waals surface area contributed by atoms with Crippen molar-refractivity contribution in [3.8, 4) is 0 Å². The summed E-state index contributed by atoms with van der Waals surface area (Å²) in [7, 11) is 4.01. The first-order valence-electron chi connectivity index (χ1n) is 9.17. The SMILES string of the molecule is CC(C)C(=O)N1CCCC(C(=O)NC(CN(C)C)c2ccccc2)C1. The van der Waals surface area contributed by atoms with Gasteiger partial charge in [0.1, 0.15) is 0 Å². The molecule has 0 aliphatic carbocycles. The van der Waals surface area contributed by atoms with Crippen molar-refractivity contribution in [3.63, 3.8) is 0 Å². The van der Waals surface area contributed by atoms with Gasteiger partial charge in [0.15, 0.2) is 0 Å². The van der Waals surface area contributed by atoms with Crippen LogP contribution >= 0.6 is 0 Å². The molecule has 2 unspecified atom stereocenters. The number of hydrogen-bond acceptors (Lipinski definition) is 3. The Labute approximate surface area is 151 Å². The Bertz CT molecular complexity index is 572. The highest BCUT2D eigenvalue weighted by Crippen LogP contribution is 2.21. The van der Waals surface area contributed by atoms with E-state index in [0.717, 1.165) is 31.5 Å². The fourth-order valence-electron chi connectivity index (χ4n) is 3.33. The van der Waals surface area contributed by atoms with Gasteiger partial charge in [0, 0.05) is 25.6 Å². The monoisotopic (exact) mass is 345 g/mol. The van der Waals surface area contributed by atoms with Gasteiger partial charge in [-0.25, -0.2) is 0 Å². The number of likely N-dealkylation sites (tertiary alicyclic amines) is 1. The first kappa shape index (κ1) is 19.4. The summed E-state index contributed by atoms with van der Waals surface area (Å²) in [5, 5.41) is 3.20. The minimum atomic E-state index is -0.121. The molecule has 0 saturated carbocycles. The van der Waals surface area contributed by atoms with E-state index in [1.54, 1.807) is 0 Å². The maximum absolute atomic E-state index is 12.8. The molecule has 2 rings (SSSR count). The number of likely N-dealkylation sites (N-methyl/N-ethyl adjacent to an activating group) is 1. The molecule has 1 aliphatic heterocycles. The molecule has 1 fully saturated rings. The van der Waals surface area contributed by atoms with Crippen LogP contribution in [0.5, 0.6) is 0 Å². The van der Waals surface area contributed by atoms with Gasteiger partial charge in [0.25, 0.3) is 0 Å². The summed E-state index contributed by atoms with van der Waals surface area (Å²) in [5.74, 6) is 0.0554. The van der Waals surface area contributed by atoms with Crippen molar-refractivity contribution in [1.82, 2.24) is 15.1 Å². The summed E-state index contributed by atoms with van der Waals surface area (Å²) in [4.78, 5) is 29.0. The van der Waals surface area contributed by atoms with Crippen molar-refractivity contribution in [2.24, 2.45) is 11.8 Å². The van der Waals surface area contributed by atoms with Gasteiger partial charge in [0.2, 0.25) is 11.8 Å². The number of nitrogens with zero attached hydrogens (tertiary/aromatic N) is 2. The van der Waals surface area contributed by atoms with E-state index in [9.17, 15) is 9.59 Å². The van der Waals surface area contributed by atoms with Crippen LogP contribution in [0, 0.1) is 11.8 Å². The van der Waals surface area contributed by atoms with Crippen LogP contribution in [0.2, 0.25) is 0 Å². The minimum absolute atomic E-state index is 0.0207. The molecule has 0 bridgehead atoms. The lowest BCUT2D eigenvalue weighted by Crippen LogP contribution is -2.48. The Hall–Kier alpha value is -1.88. The standard InChI is InChI=1S/C20H31N3O2/c1-15(2)20(25)23-12-8-11-17(13-23)19(24)21-18(14-22(3)4)16-9-6-5-7-10-16/h5-7,9-10,15,17-18H,8,11-14H2,1-4H3,(H,21,24). The molecule has 1 saturated heterocycles. The Morgan fingerprint density at radius 1 is 1.24 bits per heavy atom. The van der Waals surface area contributed by atoms with Crippen molar-refractivity contribution >= 4 is 11.8 Å². The summed E-state index contributed by atoms with van der Waals surface area (Å²) < 4.78 is 0. The molecule has 1 heterocycles. The lowest BCUT2D eigenvalue weighted by Gasteiger charge is -2.34. The zero-order valence-corrected chi connectivity index (χ0v) is 15.9. The van der Waals surface area contributed by atoms with E-state index in [2.05, 4.69) is 10.2 Å². The Morgan fingerprint density at radius 2 is 1.92 bits per heavy atom. The number of amides is 2. The van der Waals surface area contributed by atoms with Gasteiger partial charge in [-0.15, -0.1) is 0 Å². The zero-order chi connectivity index (χ0) is 18.4. The summed E-state index contributed by atoms with van der Waals surface area (Å²) in [6.07, 6.45) is 1.73. The minimum Gasteiger partial charge on any atom is -0.348 e. The van der Waals surface area contributed by atoms with Crippen LogP contribution in [0.3, 0.4) is 0 Å². The maximum atomic E-state index is 12.8. The predicted octanol–water partition coefficient (Wildman–Crippen LogP) is 2.30. The van der Waals surface area contributed by atoms with Gasteiger partial charge in [0.05, 0.1) is 12.0 Å². The van der Waals surface area contributed by atoms with E-state index in [4.69, 9.17) is 0 Å². The third-order valence-corrected chi connectivity index (χ3v) is 4.66. The molecule has 0 spiro atoms. The number of carbonyl (C=O) groups is 2. The van der Waals surface area contributed by atoms with Crippen molar-refractivity contribution in [3.05, 3.63) is 35.9 Å². The molecule has 138 valence electrons. The van der Waals surface area contributed by atoms with Crippen LogP contribution in [0.4, 0.5) is 0 Å². The average Bonchev–Trinajstić information content (AvgIpc) is 2.60. The Balaban J connectivity index is 2.03. The van der Waals surface area contributed by atoms with Gasteiger partial charge in [-0.1, -0.05) is 44.2 Å². The lowest BCUT2D eigenvalue weighted by atomic mass is 9.95. The van der Waals surface area contributed by atoms with Gasteiger partial charge in [-0.2, -0.15) is 0 Å². The van der Waals surface area contributed by atoms with Crippen LogP contribution in [0.1, 0.15) is 38.3 Å². The third kappa shape index (κ3) is 5.56. The second-order valence-electron chi connectivity index (χ2n) is 7.51. The molecule has 1 aliphatic rings. The molecule has 0 aromatic heterocycles. The van der Waals surface area contributed by atoms with E-state index in [-0.39, 0.29) is 29.7 Å². The second kappa shape index (κ2) is 8.99. The molecule has 1 aromatic carbocycles. The highest BCUT2D eigenvalue weighted by molar-refractivity contribution is 5.82. The zero-order valence-electron chi connectivity index (χ0n) is 15.9. The second-order valence-corrected chi connectivity index (χ2v) is 7.51. The molecular formula is C20H31N3O2. The summed E-state index contributed by atoms with van der Waals surface area (Å²) in [6.45, 7) is 5.87. The maximum Gasteiger partial charge on any atom is 0.225 e. The molecule has 1 N–H and O–H groups in total. The number of benzene rings is 1. The number of hydrogen-bond donors (Lipinski definition) is 1. The van der Waals surface area contributed by atoms with Gasteiger partial charge in [-0.3, -0.25) is 9.59 Å². The highest BCUT2D eigenvalue weighted by atomic mass is 16.2. The Kier molecular flexibility index (Phi) is 7.00. The van der Waals surface area contributed by atoms with E-state index in [1.165, 1.54) is 0 Å². The van der Waals surface area contributed by atoms with Crippen molar-refractivity contribution in [2.45, 2.75) is 32.7 Å². The largest absolute Gasteiger partial charge is 0.348 e. The fraction of sp³-hybridized carbons (Fsp3) is 0.600. The molecule has 2 amide bonds. The molecular weight excluding hydrogens is 314 g/mol. The first-order valence-corrected chi connectivity index (χ1v) is 9.17. The van der Waals surface area contributed by atoms with E-state index in [1.807, 2.05) is 63.2 Å². The molecule has 0 radical (unpaired) electrons. The van der Waals surface area contributed by atoms with E-state index >= 15 is 0 Å². The first-order chi connectivity index (χ1) is 11.9. The summed E-state index contributed by atoms with van der Waals surface area (Å²) >= 11 is 0. The van der Waals surface area contributed by atoms with Gasteiger partial charge < -0.3 is 15.1 Å². The van der Waals surface area contributed by atoms with Crippen molar-refractivity contribution < 1.29 is 9.59 Å². The van der Waals surface area contributed by atoms with Crippen LogP contribution in [0.25, 0.3) is 0 Å². The third-order valence-electron chi connectivity index (χ3n) is 4.66. The molecule has 1 aromatic rings. The normalized spacial score (nSPS) is 19.1. The lowest BCUT2D eigenvalue weighted by molar-refractivity contribution is -0.138. The highest BCUT2D eigenvalue weighted by Gasteiger charge is 2.30. The Morgan fingerprint density at radius 3 is 2.52 bits per heavy atom. The molecule has 5 heteroatoms. The van der Waals surface area contributed by atoms with Crippen LogP contribution in [-0.4, -0.2) is 55.3 Å².